The molecule has 106 valence electrons. The molecule has 2 rings (SSSR count). The fourth-order valence-corrected chi connectivity index (χ4v) is 4.76. The van der Waals surface area contributed by atoms with Gasteiger partial charge in [-0.2, -0.15) is 0 Å². The maximum absolute atomic E-state index is 3.64. The van der Waals surface area contributed by atoms with Crippen LogP contribution >= 0.6 is 0 Å². The van der Waals surface area contributed by atoms with Crippen LogP contribution in [-0.4, -0.2) is 13.1 Å². The van der Waals surface area contributed by atoms with Gasteiger partial charge in [0.15, 0.2) is 0 Å². The van der Waals surface area contributed by atoms with E-state index >= 15 is 0 Å². The van der Waals surface area contributed by atoms with Crippen LogP contribution in [0.25, 0.3) is 0 Å². The fourth-order valence-electron chi connectivity index (χ4n) is 4.76. The van der Waals surface area contributed by atoms with E-state index in [9.17, 15) is 0 Å². The van der Waals surface area contributed by atoms with Gasteiger partial charge in [0, 0.05) is 0 Å². The lowest BCUT2D eigenvalue weighted by atomic mass is 9.62. The van der Waals surface area contributed by atoms with Crippen LogP contribution in [0.2, 0.25) is 0 Å². The summed E-state index contributed by atoms with van der Waals surface area (Å²) >= 11 is 0. The predicted molar refractivity (Wildman–Crippen MR) is 79.7 cm³/mol. The van der Waals surface area contributed by atoms with Gasteiger partial charge in [0.2, 0.25) is 0 Å². The van der Waals surface area contributed by atoms with Crippen LogP contribution in [-0.2, 0) is 0 Å². The highest BCUT2D eigenvalue weighted by Crippen LogP contribution is 2.49. The van der Waals surface area contributed by atoms with E-state index in [2.05, 4.69) is 26.1 Å². The highest BCUT2D eigenvalue weighted by molar-refractivity contribution is 4.94. The third-order valence-electron chi connectivity index (χ3n) is 5.79. The first-order valence-corrected chi connectivity index (χ1v) is 8.38. The lowest BCUT2D eigenvalue weighted by Gasteiger charge is -2.46. The van der Waals surface area contributed by atoms with Crippen molar-refractivity contribution in [2.45, 2.75) is 72.1 Å². The number of piperidine rings is 1. The molecule has 1 N–H and O–H groups in total. The molecule has 1 nitrogen and oxygen atoms in total. The van der Waals surface area contributed by atoms with Crippen molar-refractivity contribution < 1.29 is 0 Å². The minimum atomic E-state index is 0.696. The first-order valence-electron chi connectivity index (χ1n) is 8.38. The van der Waals surface area contributed by atoms with Crippen LogP contribution in [0.1, 0.15) is 72.1 Å². The molecule has 0 aromatic rings. The third kappa shape index (κ3) is 3.10. The van der Waals surface area contributed by atoms with Crippen LogP contribution < -0.4 is 5.32 Å². The van der Waals surface area contributed by atoms with Gasteiger partial charge < -0.3 is 5.32 Å². The Kier molecular flexibility index (Phi) is 5.12. The molecule has 1 spiro atoms. The molecule has 0 amide bonds. The van der Waals surface area contributed by atoms with Crippen molar-refractivity contribution in [3.8, 4) is 0 Å². The summed E-state index contributed by atoms with van der Waals surface area (Å²) in [7, 11) is 0. The van der Waals surface area contributed by atoms with Crippen molar-refractivity contribution in [1.82, 2.24) is 5.32 Å². The molecule has 18 heavy (non-hydrogen) atoms. The summed E-state index contributed by atoms with van der Waals surface area (Å²) in [6, 6.07) is 0. The van der Waals surface area contributed by atoms with E-state index in [4.69, 9.17) is 0 Å². The molecule has 1 aliphatic heterocycles. The Labute approximate surface area is 114 Å². The summed E-state index contributed by atoms with van der Waals surface area (Å²) in [6.07, 6.45) is 11.8. The number of hydrogen-bond acceptors (Lipinski definition) is 1. The molecule has 1 heteroatoms. The Balaban J connectivity index is 2.04. The molecule has 0 radical (unpaired) electrons. The topological polar surface area (TPSA) is 12.0 Å². The summed E-state index contributed by atoms with van der Waals surface area (Å²) in [5.74, 6) is 2.81. The van der Waals surface area contributed by atoms with Crippen molar-refractivity contribution in [2.24, 2.45) is 23.2 Å². The van der Waals surface area contributed by atoms with Crippen LogP contribution in [0, 0.1) is 23.2 Å². The van der Waals surface area contributed by atoms with E-state index in [1.165, 1.54) is 64.5 Å². The van der Waals surface area contributed by atoms with Crippen molar-refractivity contribution in [3.05, 3.63) is 0 Å². The quantitative estimate of drug-likeness (QED) is 0.772. The van der Waals surface area contributed by atoms with E-state index in [0.717, 1.165) is 17.8 Å². The Bertz CT molecular complexity index is 248. The van der Waals surface area contributed by atoms with Gasteiger partial charge in [0.25, 0.3) is 0 Å². The SMILES string of the molecule is CCCC1CCCC2(CCNCC2C(C)C)CC1. The average Bonchev–Trinajstić information content (AvgIpc) is 2.54. The van der Waals surface area contributed by atoms with E-state index in [0.29, 0.717) is 5.41 Å². The molecular weight excluding hydrogens is 218 g/mol. The summed E-state index contributed by atoms with van der Waals surface area (Å²) in [4.78, 5) is 0. The molecule has 0 aromatic heterocycles. The summed E-state index contributed by atoms with van der Waals surface area (Å²) in [5.41, 5.74) is 0.696. The average molecular weight is 251 g/mol. The standard InChI is InChI=1S/C17H33N/c1-4-6-15-7-5-9-17(10-8-15)11-12-18-13-16(17)14(2)3/h14-16,18H,4-13H2,1-3H3. The van der Waals surface area contributed by atoms with Gasteiger partial charge >= 0.3 is 0 Å². The Morgan fingerprint density at radius 1 is 1.17 bits per heavy atom. The molecule has 1 saturated heterocycles. The maximum Gasteiger partial charge on any atom is -0.00127 e. The molecule has 0 aromatic carbocycles. The maximum atomic E-state index is 3.64. The normalized spacial score (nSPS) is 38.0. The van der Waals surface area contributed by atoms with Crippen LogP contribution in [0.4, 0.5) is 0 Å². The highest BCUT2D eigenvalue weighted by Gasteiger charge is 2.42. The molecular formula is C17H33N. The lowest BCUT2D eigenvalue weighted by molar-refractivity contribution is 0.0524. The Hall–Kier alpha value is -0.0400. The Morgan fingerprint density at radius 3 is 2.72 bits per heavy atom. The fraction of sp³-hybridized carbons (Fsp3) is 1.00. The smallest absolute Gasteiger partial charge is 0.00127 e. The highest BCUT2D eigenvalue weighted by atomic mass is 14.9. The zero-order valence-electron chi connectivity index (χ0n) is 12.8. The zero-order chi connectivity index (χ0) is 13.0. The van der Waals surface area contributed by atoms with Crippen LogP contribution in [0.15, 0.2) is 0 Å². The van der Waals surface area contributed by atoms with Crippen molar-refractivity contribution >= 4 is 0 Å². The summed E-state index contributed by atoms with van der Waals surface area (Å²) in [6.45, 7) is 9.77. The number of nitrogens with one attached hydrogen (secondary N) is 1. The largest absolute Gasteiger partial charge is 0.316 e. The molecule has 1 saturated carbocycles. The van der Waals surface area contributed by atoms with Crippen molar-refractivity contribution in [1.29, 1.82) is 0 Å². The molecule has 3 atom stereocenters. The molecule has 3 unspecified atom stereocenters. The van der Waals surface area contributed by atoms with Gasteiger partial charge in [-0.3, -0.25) is 0 Å². The molecule has 0 bridgehead atoms. The van der Waals surface area contributed by atoms with Gasteiger partial charge in [0.05, 0.1) is 0 Å². The third-order valence-corrected chi connectivity index (χ3v) is 5.79. The van der Waals surface area contributed by atoms with Crippen molar-refractivity contribution in [3.63, 3.8) is 0 Å². The predicted octanol–water partition coefficient (Wildman–Crippen LogP) is 4.62. The van der Waals surface area contributed by atoms with Gasteiger partial charge in [0.1, 0.15) is 0 Å². The van der Waals surface area contributed by atoms with Gasteiger partial charge in [-0.05, 0) is 61.9 Å². The van der Waals surface area contributed by atoms with Gasteiger partial charge in [-0.1, -0.05) is 46.5 Å². The van der Waals surface area contributed by atoms with Gasteiger partial charge in [-0.15, -0.1) is 0 Å². The number of hydrogen-bond donors (Lipinski definition) is 1. The minimum absolute atomic E-state index is 0.696. The first-order chi connectivity index (χ1) is 8.68. The lowest BCUT2D eigenvalue weighted by Crippen LogP contribution is -2.47. The second-order valence-electron chi connectivity index (χ2n) is 7.25. The van der Waals surface area contributed by atoms with Crippen LogP contribution in [0.5, 0.6) is 0 Å². The minimum Gasteiger partial charge on any atom is -0.316 e. The zero-order valence-corrected chi connectivity index (χ0v) is 12.8. The second kappa shape index (κ2) is 6.41. The Morgan fingerprint density at radius 2 is 2.00 bits per heavy atom. The number of rotatable bonds is 3. The molecule has 2 fully saturated rings. The van der Waals surface area contributed by atoms with E-state index in [1.807, 2.05) is 0 Å². The van der Waals surface area contributed by atoms with Gasteiger partial charge in [-0.25, -0.2) is 0 Å². The molecule has 1 aliphatic carbocycles. The van der Waals surface area contributed by atoms with Crippen molar-refractivity contribution in [2.75, 3.05) is 13.1 Å². The second-order valence-corrected chi connectivity index (χ2v) is 7.25. The van der Waals surface area contributed by atoms with E-state index in [1.54, 1.807) is 0 Å². The van der Waals surface area contributed by atoms with E-state index < -0.39 is 0 Å². The van der Waals surface area contributed by atoms with E-state index in [-0.39, 0.29) is 0 Å². The summed E-state index contributed by atoms with van der Waals surface area (Å²) in [5, 5.41) is 3.64. The monoisotopic (exact) mass is 251 g/mol. The molecule has 2 aliphatic rings. The van der Waals surface area contributed by atoms with Crippen LogP contribution in [0.3, 0.4) is 0 Å². The summed E-state index contributed by atoms with van der Waals surface area (Å²) < 4.78 is 0. The first kappa shape index (κ1) is 14.4. The molecule has 1 heterocycles.